The Hall–Kier alpha value is -1.46. The normalized spacial score (nSPS) is 11.8. The molecule has 0 bridgehead atoms. The van der Waals surface area contributed by atoms with E-state index in [1.807, 2.05) is 31.2 Å². The average molecular weight is 175 g/mol. The smallest absolute Gasteiger partial charge is 0.0630 e. The third-order valence-corrected chi connectivity index (χ3v) is 1.72. The summed E-state index contributed by atoms with van der Waals surface area (Å²) in [5.74, 6) is 2.56. The summed E-state index contributed by atoms with van der Waals surface area (Å²) in [6.45, 7) is 2.02. The third kappa shape index (κ3) is 2.81. The van der Waals surface area contributed by atoms with Gasteiger partial charge in [-0.1, -0.05) is 12.0 Å². The predicted octanol–water partition coefficient (Wildman–Crippen LogP) is 1.46. The van der Waals surface area contributed by atoms with Crippen LogP contribution in [0, 0.1) is 12.3 Å². The second-order valence-electron chi connectivity index (χ2n) is 2.95. The Bertz CT molecular complexity index is 314. The fraction of sp³-hybridized carbons (Fsp3) is 0.273. The number of nitrogens with one attached hydrogen (secondary N) is 1. The first-order valence-corrected chi connectivity index (χ1v) is 4.20. The van der Waals surface area contributed by atoms with Crippen molar-refractivity contribution < 1.29 is 5.11 Å². The van der Waals surface area contributed by atoms with Crippen LogP contribution in [0.1, 0.15) is 12.5 Å². The van der Waals surface area contributed by atoms with Crippen LogP contribution in [0.2, 0.25) is 0 Å². The Morgan fingerprint density at radius 1 is 1.62 bits per heavy atom. The highest BCUT2D eigenvalue weighted by Gasteiger charge is 1.98. The van der Waals surface area contributed by atoms with Crippen molar-refractivity contribution in [1.82, 2.24) is 0 Å². The van der Waals surface area contributed by atoms with Crippen molar-refractivity contribution in [3.05, 3.63) is 29.8 Å². The second-order valence-corrected chi connectivity index (χ2v) is 2.95. The van der Waals surface area contributed by atoms with Crippen LogP contribution >= 0.6 is 0 Å². The molecule has 2 heteroatoms. The molecule has 0 aliphatic rings. The van der Waals surface area contributed by atoms with Gasteiger partial charge in [-0.2, -0.15) is 0 Å². The maximum absolute atomic E-state index is 8.82. The lowest BCUT2D eigenvalue weighted by Crippen LogP contribution is -2.19. The summed E-state index contributed by atoms with van der Waals surface area (Å²) in [4.78, 5) is 0. The minimum absolute atomic E-state index is 0.0491. The van der Waals surface area contributed by atoms with Gasteiger partial charge in [0.05, 0.1) is 6.61 Å². The molecule has 2 nitrogen and oxygen atoms in total. The summed E-state index contributed by atoms with van der Waals surface area (Å²) in [6.07, 6.45) is 5.25. The highest BCUT2D eigenvalue weighted by molar-refractivity contribution is 5.50. The van der Waals surface area contributed by atoms with Gasteiger partial charge in [0.15, 0.2) is 0 Å². The fourth-order valence-electron chi connectivity index (χ4n) is 1.03. The van der Waals surface area contributed by atoms with Crippen molar-refractivity contribution in [2.24, 2.45) is 0 Å². The van der Waals surface area contributed by atoms with Crippen LogP contribution in [0.4, 0.5) is 5.69 Å². The Labute approximate surface area is 78.6 Å². The van der Waals surface area contributed by atoms with Crippen molar-refractivity contribution in [1.29, 1.82) is 0 Å². The minimum atomic E-state index is 0.0491. The number of aliphatic hydroxyl groups is 1. The van der Waals surface area contributed by atoms with Gasteiger partial charge in [0, 0.05) is 17.3 Å². The van der Waals surface area contributed by atoms with Gasteiger partial charge < -0.3 is 10.4 Å². The van der Waals surface area contributed by atoms with Crippen molar-refractivity contribution in [3.8, 4) is 12.3 Å². The minimum Gasteiger partial charge on any atom is -0.394 e. The molecule has 0 fully saturated rings. The summed E-state index contributed by atoms with van der Waals surface area (Å²) in [5, 5.41) is 11.9. The number of rotatable bonds is 3. The predicted molar refractivity (Wildman–Crippen MR) is 54.5 cm³/mol. The molecular formula is C11H13NO. The molecule has 0 radical (unpaired) electrons. The number of benzene rings is 1. The van der Waals surface area contributed by atoms with E-state index in [0.717, 1.165) is 11.3 Å². The molecule has 1 aromatic rings. The zero-order valence-corrected chi connectivity index (χ0v) is 7.62. The van der Waals surface area contributed by atoms with E-state index < -0.39 is 0 Å². The number of anilines is 1. The lowest BCUT2D eigenvalue weighted by Gasteiger charge is -2.12. The zero-order chi connectivity index (χ0) is 9.68. The van der Waals surface area contributed by atoms with E-state index in [1.165, 1.54) is 0 Å². The summed E-state index contributed by atoms with van der Waals surface area (Å²) in [7, 11) is 0. The van der Waals surface area contributed by atoms with Crippen molar-refractivity contribution in [3.63, 3.8) is 0 Å². The molecule has 0 aromatic heterocycles. The standard InChI is InChI=1S/C11H13NO/c1-3-10-5-4-6-11(7-10)12-9(2)8-13/h1,4-7,9,12-13H,8H2,2H3. The Morgan fingerprint density at radius 2 is 2.38 bits per heavy atom. The molecule has 0 saturated heterocycles. The number of terminal acetylenes is 1. The molecular weight excluding hydrogens is 162 g/mol. The summed E-state index contributed by atoms with van der Waals surface area (Å²) < 4.78 is 0. The zero-order valence-electron chi connectivity index (χ0n) is 7.62. The third-order valence-electron chi connectivity index (χ3n) is 1.72. The molecule has 0 heterocycles. The van der Waals surface area contributed by atoms with Crippen LogP contribution in [0.5, 0.6) is 0 Å². The molecule has 2 N–H and O–H groups in total. The molecule has 68 valence electrons. The highest BCUT2D eigenvalue weighted by Crippen LogP contribution is 2.10. The van der Waals surface area contributed by atoms with Gasteiger partial charge in [-0.25, -0.2) is 0 Å². The number of hydrogen-bond acceptors (Lipinski definition) is 2. The van der Waals surface area contributed by atoms with Crippen molar-refractivity contribution in [2.45, 2.75) is 13.0 Å². The summed E-state index contributed by atoms with van der Waals surface area (Å²) in [6, 6.07) is 7.61. The largest absolute Gasteiger partial charge is 0.394 e. The molecule has 1 atom stereocenters. The van der Waals surface area contributed by atoms with Gasteiger partial charge in [-0.05, 0) is 25.1 Å². The van der Waals surface area contributed by atoms with E-state index in [9.17, 15) is 0 Å². The van der Waals surface area contributed by atoms with E-state index >= 15 is 0 Å². The lowest BCUT2D eigenvalue weighted by atomic mass is 10.2. The first-order chi connectivity index (χ1) is 6.26. The molecule has 0 spiro atoms. The van der Waals surface area contributed by atoms with Crippen LogP contribution in [0.15, 0.2) is 24.3 Å². The average Bonchev–Trinajstić information content (AvgIpc) is 2.18. The van der Waals surface area contributed by atoms with Crippen LogP contribution in [-0.4, -0.2) is 17.8 Å². The van der Waals surface area contributed by atoms with Gasteiger partial charge >= 0.3 is 0 Å². The maximum atomic E-state index is 8.82. The van der Waals surface area contributed by atoms with Gasteiger partial charge in [0.25, 0.3) is 0 Å². The Balaban J connectivity index is 2.73. The molecule has 1 unspecified atom stereocenters. The second kappa shape index (κ2) is 4.54. The first kappa shape index (κ1) is 9.63. The molecule has 0 saturated carbocycles. The van der Waals surface area contributed by atoms with Crippen LogP contribution in [0.25, 0.3) is 0 Å². The molecule has 1 aromatic carbocycles. The van der Waals surface area contributed by atoms with Crippen molar-refractivity contribution in [2.75, 3.05) is 11.9 Å². The fourth-order valence-corrected chi connectivity index (χ4v) is 1.03. The summed E-state index contributed by atoms with van der Waals surface area (Å²) >= 11 is 0. The van der Waals surface area contributed by atoms with Gasteiger partial charge in [-0.3, -0.25) is 0 Å². The monoisotopic (exact) mass is 175 g/mol. The molecule has 0 amide bonds. The van der Waals surface area contributed by atoms with Crippen molar-refractivity contribution >= 4 is 5.69 Å². The van der Waals surface area contributed by atoms with E-state index in [0.29, 0.717) is 0 Å². The van der Waals surface area contributed by atoms with Gasteiger partial charge in [-0.15, -0.1) is 6.42 Å². The van der Waals surface area contributed by atoms with Gasteiger partial charge in [0.2, 0.25) is 0 Å². The molecule has 13 heavy (non-hydrogen) atoms. The maximum Gasteiger partial charge on any atom is 0.0630 e. The van der Waals surface area contributed by atoms with Gasteiger partial charge in [0.1, 0.15) is 0 Å². The lowest BCUT2D eigenvalue weighted by molar-refractivity contribution is 0.281. The van der Waals surface area contributed by atoms with E-state index in [-0.39, 0.29) is 12.6 Å². The number of aliphatic hydroxyl groups excluding tert-OH is 1. The number of hydrogen-bond donors (Lipinski definition) is 2. The van der Waals surface area contributed by atoms with Crippen LogP contribution < -0.4 is 5.32 Å². The van der Waals surface area contributed by atoms with Crippen LogP contribution in [0.3, 0.4) is 0 Å². The quantitative estimate of drug-likeness (QED) is 0.682. The Kier molecular flexibility index (Phi) is 3.36. The molecule has 0 aliphatic heterocycles. The van der Waals surface area contributed by atoms with E-state index in [4.69, 9.17) is 11.5 Å². The first-order valence-electron chi connectivity index (χ1n) is 4.20. The molecule has 0 aliphatic carbocycles. The molecule has 1 rings (SSSR count). The van der Waals surface area contributed by atoms with E-state index in [1.54, 1.807) is 0 Å². The highest BCUT2D eigenvalue weighted by atomic mass is 16.3. The van der Waals surface area contributed by atoms with E-state index in [2.05, 4.69) is 11.2 Å². The SMILES string of the molecule is C#Cc1cccc(NC(C)CO)c1. The summed E-state index contributed by atoms with van der Waals surface area (Å²) in [5.41, 5.74) is 1.78. The Morgan fingerprint density at radius 3 is 3.00 bits per heavy atom. The topological polar surface area (TPSA) is 32.3 Å². The van der Waals surface area contributed by atoms with Crippen LogP contribution in [-0.2, 0) is 0 Å².